The lowest BCUT2D eigenvalue weighted by atomic mass is 9.84. The first-order chi connectivity index (χ1) is 5.63. The van der Waals surface area contributed by atoms with Crippen molar-refractivity contribution in [3.63, 3.8) is 0 Å². The number of nitrogens with zero attached hydrogens (tertiary/aromatic N) is 1. The second-order valence-corrected chi connectivity index (χ2v) is 5.43. The summed E-state index contributed by atoms with van der Waals surface area (Å²) in [7, 11) is 2.25. The van der Waals surface area contributed by atoms with Gasteiger partial charge in [0, 0.05) is 17.4 Å². The van der Waals surface area contributed by atoms with Crippen molar-refractivity contribution in [3.8, 4) is 0 Å². The molecule has 1 nitrogen and oxygen atoms in total. The van der Waals surface area contributed by atoms with E-state index in [9.17, 15) is 0 Å². The molecule has 0 amide bonds. The van der Waals surface area contributed by atoms with Crippen molar-refractivity contribution in [1.29, 1.82) is 0 Å². The fourth-order valence-electron chi connectivity index (χ4n) is 1.70. The van der Waals surface area contributed by atoms with Crippen molar-refractivity contribution in [2.45, 2.75) is 44.0 Å². The van der Waals surface area contributed by atoms with Gasteiger partial charge in [-0.05, 0) is 39.2 Å². The van der Waals surface area contributed by atoms with Crippen molar-refractivity contribution in [2.24, 2.45) is 5.92 Å². The van der Waals surface area contributed by atoms with Gasteiger partial charge in [-0.1, -0.05) is 22.9 Å². The molecule has 1 aliphatic rings. The summed E-state index contributed by atoms with van der Waals surface area (Å²) in [5, 5.41) is 0. The van der Waals surface area contributed by atoms with Crippen LogP contribution in [-0.4, -0.2) is 29.4 Å². The van der Waals surface area contributed by atoms with Crippen LogP contribution in [0.5, 0.6) is 0 Å². The van der Waals surface area contributed by atoms with E-state index in [4.69, 9.17) is 0 Å². The summed E-state index contributed by atoms with van der Waals surface area (Å²) in [6, 6.07) is 0.749. The topological polar surface area (TPSA) is 3.24 Å². The molecule has 0 N–H and O–H groups in total. The molecule has 0 aromatic heterocycles. The molecule has 0 radical (unpaired) electrons. The third kappa shape index (κ3) is 2.74. The normalized spacial score (nSPS) is 31.8. The van der Waals surface area contributed by atoms with E-state index in [1.807, 2.05) is 0 Å². The Bertz CT molecular complexity index is 132. The highest BCUT2D eigenvalue weighted by atomic mass is 79.9. The monoisotopic (exact) mass is 233 g/mol. The van der Waals surface area contributed by atoms with E-state index < -0.39 is 0 Å². The number of halogens is 1. The Morgan fingerprint density at radius 3 is 2.50 bits per heavy atom. The van der Waals surface area contributed by atoms with Crippen LogP contribution in [0.15, 0.2) is 0 Å². The molecule has 1 rings (SSSR count). The molecule has 1 fully saturated rings. The SMILES string of the molecule is CCC(C)N(C)CC1CC(Br)C1. The molecule has 1 aliphatic carbocycles. The van der Waals surface area contributed by atoms with Crippen LogP contribution in [0, 0.1) is 5.92 Å². The van der Waals surface area contributed by atoms with Crippen molar-refractivity contribution < 1.29 is 0 Å². The molecule has 0 aromatic rings. The zero-order valence-electron chi connectivity index (χ0n) is 8.39. The lowest BCUT2D eigenvalue weighted by Crippen LogP contribution is -2.38. The van der Waals surface area contributed by atoms with Crippen LogP contribution in [0.25, 0.3) is 0 Å². The molecule has 12 heavy (non-hydrogen) atoms. The number of alkyl halides is 1. The van der Waals surface area contributed by atoms with Gasteiger partial charge in [0.05, 0.1) is 0 Å². The summed E-state index contributed by atoms with van der Waals surface area (Å²) >= 11 is 3.63. The van der Waals surface area contributed by atoms with Crippen LogP contribution in [0.2, 0.25) is 0 Å². The molecular weight excluding hydrogens is 214 g/mol. The van der Waals surface area contributed by atoms with E-state index >= 15 is 0 Å². The molecule has 1 atom stereocenters. The summed E-state index contributed by atoms with van der Waals surface area (Å²) < 4.78 is 0. The first-order valence-corrected chi connectivity index (χ1v) is 5.89. The fourth-order valence-corrected chi connectivity index (χ4v) is 2.76. The standard InChI is InChI=1S/C10H20BrN/c1-4-8(2)12(3)7-9-5-10(11)6-9/h8-10H,4-7H2,1-3H3. The molecule has 0 saturated heterocycles. The third-order valence-electron chi connectivity index (χ3n) is 3.07. The van der Waals surface area contributed by atoms with Crippen LogP contribution < -0.4 is 0 Å². The van der Waals surface area contributed by atoms with Crippen LogP contribution in [0.3, 0.4) is 0 Å². The second-order valence-electron chi connectivity index (χ2n) is 4.13. The minimum atomic E-state index is 0.749. The lowest BCUT2D eigenvalue weighted by Gasteiger charge is -2.36. The lowest BCUT2D eigenvalue weighted by molar-refractivity contribution is 0.172. The smallest absolute Gasteiger partial charge is 0.0152 e. The van der Waals surface area contributed by atoms with Crippen molar-refractivity contribution in [1.82, 2.24) is 4.90 Å². The molecule has 1 unspecified atom stereocenters. The van der Waals surface area contributed by atoms with E-state index in [2.05, 4.69) is 41.7 Å². The van der Waals surface area contributed by atoms with E-state index in [1.54, 1.807) is 0 Å². The van der Waals surface area contributed by atoms with Crippen LogP contribution in [0.1, 0.15) is 33.1 Å². The third-order valence-corrected chi connectivity index (χ3v) is 3.82. The zero-order valence-corrected chi connectivity index (χ0v) is 9.97. The Morgan fingerprint density at radius 1 is 1.50 bits per heavy atom. The highest BCUT2D eigenvalue weighted by Crippen LogP contribution is 2.33. The quantitative estimate of drug-likeness (QED) is 0.676. The Labute approximate surface area is 84.6 Å². The van der Waals surface area contributed by atoms with Gasteiger partial charge in [-0.15, -0.1) is 0 Å². The average molecular weight is 234 g/mol. The van der Waals surface area contributed by atoms with Crippen LogP contribution in [0.4, 0.5) is 0 Å². The fraction of sp³-hybridized carbons (Fsp3) is 1.00. The summed E-state index contributed by atoms with van der Waals surface area (Å²) in [4.78, 5) is 3.30. The van der Waals surface area contributed by atoms with Gasteiger partial charge in [0.2, 0.25) is 0 Å². The first kappa shape index (κ1) is 10.5. The van der Waals surface area contributed by atoms with E-state index in [1.165, 1.54) is 25.8 Å². The van der Waals surface area contributed by atoms with E-state index in [0.717, 1.165) is 16.8 Å². The van der Waals surface area contributed by atoms with Gasteiger partial charge >= 0.3 is 0 Å². The maximum atomic E-state index is 3.63. The minimum Gasteiger partial charge on any atom is -0.303 e. The minimum absolute atomic E-state index is 0.749. The number of hydrogen-bond acceptors (Lipinski definition) is 1. The molecule has 0 aliphatic heterocycles. The Morgan fingerprint density at radius 2 is 2.08 bits per heavy atom. The molecule has 0 heterocycles. The number of hydrogen-bond donors (Lipinski definition) is 0. The second kappa shape index (κ2) is 4.61. The Kier molecular flexibility index (Phi) is 4.04. The van der Waals surface area contributed by atoms with Crippen molar-refractivity contribution in [3.05, 3.63) is 0 Å². The van der Waals surface area contributed by atoms with Gasteiger partial charge in [0.1, 0.15) is 0 Å². The number of rotatable bonds is 4. The summed E-state index contributed by atoms with van der Waals surface area (Å²) in [6.07, 6.45) is 4.02. The van der Waals surface area contributed by atoms with E-state index in [0.29, 0.717) is 0 Å². The molecule has 2 heteroatoms. The van der Waals surface area contributed by atoms with Crippen LogP contribution >= 0.6 is 15.9 Å². The van der Waals surface area contributed by atoms with Gasteiger partial charge < -0.3 is 4.90 Å². The zero-order chi connectivity index (χ0) is 9.14. The summed E-state index contributed by atoms with van der Waals surface area (Å²) in [5.41, 5.74) is 0. The maximum absolute atomic E-state index is 3.63. The highest BCUT2D eigenvalue weighted by Gasteiger charge is 2.28. The molecule has 72 valence electrons. The highest BCUT2D eigenvalue weighted by molar-refractivity contribution is 9.09. The van der Waals surface area contributed by atoms with Gasteiger partial charge in [0.15, 0.2) is 0 Å². The maximum Gasteiger partial charge on any atom is 0.0152 e. The molecule has 0 spiro atoms. The first-order valence-electron chi connectivity index (χ1n) is 4.97. The average Bonchev–Trinajstić information content (AvgIpc) is 2.00. The van der Waals surface area contributed by atoms with Crippen molar-refractivity contribution >= 4 is 15.9 Å². The van der Waals surface area contributed by atoms with Gasteiger partial charge in [-0.3, -0.25) is 0 Å². The molecular formula is C10H20BrN. The largest absolute Gasteiger partial charge is 0.303 e. The van der Waals surface area contributed by atoms with Gasteiger partial charge in [0.25, 0.3) is 0 Å². The summed E-state index contributed by atoms with van der Waals surface area (Å²) in [5.74, 6) is 0.952. The van der Waals surface area contributed by atoms with E-state index in [-0.39, 0.29) is 0 Å². The molecule has 1 saturated carbocycles. The van der Waals surface area contributed by atoms with Crippen molar-refractivity contribution in [2.75, 3.05) is 13.6 Å². The predicted molar refractivity (Wildman–Crippen MR) is 57.8 cm³/mol. The van der Waals surface area contributed by atoms with Gasteiger partial charge in [-0.2, -0.15) is 0 Å². The molecule has 0 bridgehead atoms. The summed E-state index contributed by atoms with van der Waals surface area (Å²) in [6.45, 7) is 5.86. The van der Waals surface area contributed by atoms with Gasteiger partial charge in [-0.25, -0.2) is 0 Å². The predicted octanol–water partition coefficient (Wildman–Crippen LogP) is 2.89. The van der Waals surface area contributed by atoms with Crippen LogP contribution in [-0.2, 0) is 0 Å². The molecule has 0 aromatic carbocycles. The Hall–Kier alpha value is 0.440. The Balaban J connectivity index is 2.14.